The van der Waals surface area contributed by atoms with Gasteiger partial charge in [0.15, 0.2) is 17.4 Å². The number of methoxy groups -OCH3 is 1. The first-order valence-corrected chi connectivity index (χ1v) is 4.51. The summed E-state index contributed by atoms with van der Waals surface area (Å²) in [4.78, 5) is 14.8. The van der Waals surface area contributed by atoms with Crippen LogP contribution in [0.2, 0.25) is 0 Å². The molecule has 2 rings (SSSR count). The Morgan fingerprint density at radius 3 is 2.35 bits per heavy atom. The Morgan fingerprint density at radius 1 is 1.12 bits per heavy atom. The lowest BCUT2D eigenvalue weighted by Crippen LogP contribution is -2.00. The molecule has 0 aliphatic rings. The van der Waals surface area contributed by atoms with Crippen molar-refractivity contribution in [1.82, 2.24) is 19.9 Å². The third-order valence-corrected chi connectivity index (χ3v) is 1.75. The van der Waals surface area contributed by atoms with Crippen LogP contribution in [0.5, 0.6) is 17.8 Å². The Kier molecular flexibility index (Phi) is 2.95. The van der Waals surface area contributed by atoms with E-state index in [0.717, 1.165) is 6.20 Å². The number of anilines is 1. The number of ether oxygens (including phenoxy) is 2. The topological polar surface area (TPSA) is 96.0 Å². The Hall–Kier alpha value is -2.51. The molecule has 0 aliphatic heterocycles. The van der Waals surface area contributed by atoms with Crippen molar-refractivity contribution in [2.24, 2.45) is 0 Å². The molecule has 2 aromatic heterocycles. The second kappa shape index (κ2) is 4.56. The largest absolute Gasteiger partial charge is 0.467 e. The molecule has 0 unspecified atom stereocenters. The minimum absolute atomic E-state index is 0.0855. The summed E-state index contributed by atoms with van der Waals surface area (Å²) in [6.45, 7) is 0. The molecule has 17 heavy (non-hydrogen) atoms. The minimum atomic E-state index is -0.705. The molecule has 2 heterocycles. The predicted octanol–water partition coefficient (Wildman–Crippen LogP) is 0.789. The fourth-order valence-electron chi connectivity index (χ4n) is 0.980. The summed E-state index contributed by atoms with van der Waals surface area (Å²) in [5, 5.41) is 0. The van der Waals surface area contributed by atoms with Gasteiger partial charge in [-0.3, -0.25) is 0 Å². The van der Waals surface area contributed by atoms with Crippen molar-refractivity contribution in [3.63, 3.8) is 0 Å². The van der Waals surface area contributed by atoms with E-state index in [4.69, 9.17) is 15.2 Å². The van der Waals surface area contributed by atoms with Crippen LogP contribution >= 0.6 is 0 Å². The van der Waals surface area contributed by atoms with Crippen LogP contribution in [0.25, 0.3) is 0 Å². The van der Waals surface area contributed by atoms with Crippen molar-refractivity contribution in [3.8, 4) is 17.8 Å². The molecule has 2 aromatic rings. The first-order valence-electron chi connectivity index (χ1n) is 4.51. The van der Waals surface area contributed by atoms with E-state index in [0.29, 0.717) is 0 Å². The third-order valence-electron chi connectivity index (χ3n) is 1.75. The number of nitrogens with two attached hydrogens (primary N) is 1. The molecule has 88 valence electrons. The molecule has 2 N–H and O–H groups in total. The highest BCUT2D eigenvalue weighted by molar-refractivity contribution is 5.30. The Morgan fingerprint density at radius 2 is 1.76 bits per heavy atom. The fourth-order valence-corrected chi connectivity index (χ4v) is 0.980. The average Bonchev–Trinajstić information content (AvgIpc) is 2.35. The number of aromatic nitrogens is 4. The molecule has 0 spiro atoms. The molecule has 7 nitrogen and oxygen atoms in total. The van der Waals surface area contributed by atoms with Crippen LogP contribution in [0, 0.1) is 5.82 Å². The SMILES string of the molecule is COc1ncc(Oc2ncc(F)c(N)n2)cn1. The summed E-state index contributed by atoms with van der Waals surface area (Å²) in [5.74, 6) is -0.704. The van der Waals surface area contributed by atoms with Crippen LogP contribution in [0.4, 0.5) is 10.2 Å². The fraction of sp³-hybridized carbons (Fsp3) is 0.111. The monoisotopic (exact) mass is 237 g/mol. The van der Waals surface area contributed by atoms with Crippen molar-refractivity contribution >= 4 is 5.82 Å². The van der Waals surface area contributed by atoms with Crippen LogP contribution in [-0.4, -0.2) is 27.0 Å². The van der Waals surface area contributed by atoms with Crippen LogP contribution in [-0.2, 0) is 0 Å². The number of nitrogens with zero attached hydrogens (tertiary/aromatic N) is 4. The summed E-state index contributed by atoms with van der Waals surface area (Å²) in [6, 6.07) is 0.120. The highest BCUT2D eigenvalue weighted by Crippen LogP contribution is 2.18. The molecule has 0 amide bonds. The van der Waals surface area contributed by atoms with Gasteiger partial charge in [0.1, 0.15) is 0 Å². The molecule has 0 atom stereocenters. The molecule has 0 saturated carbocycles. The number of rotatable bonds is 3. The zero-order chi connectivity index (χ0) is 12.3. The van der Waals surface area contributed by atoms with Gasteiger partial charge in [-0.25, -0.2) is 9.37 Å². The average molecular weight is 237 g/mol. The lowest BCUT2D eigenvalue weighted by molar-refractivity contribution is 0.373. The van der Waals surface area contributed by atoms with Crippen LogP contribution < -0.4 is 15.2 Å². The zero-order valence-electron chi connectivity index (χ0n) is 8.79. The van der Waals surface area contributed by atoms with Gasteiger partial charge in [-0.15, -0.1) is 0 Å². The smallest absolute Gasteiger partial charge is 0.324 e. The summed E-state index contributed by atoms with van der Waals surface area (Å²) in [5.41, 5.74) is 5.26. The van der Waals surface area contributed by atoms with E-state index in [1.807, 2.05) is 0 Å². The van der Waals surface area contributed by atoms with E-state index in [1.165, 1.54) is 19.5 Å². The lowest BCUT2D eigenvalue weighted by atomic mass is 10.6. The van der Waals surface area contributed by atoms with Crippen molar-refractivity contribution in [2.45, 2.75) is 0 Å². The number of nitrogen functional groups attached to an aromatic ring is 1. The van der Waals surface area contributed by atoms with E-state index in [9.17, 15) is 4.39 Å². The van der Waals surface area contributed by atoms with Gasteiger partial charge in [0.2, 0.25) is 0 Å². The quantitative estimate of drug-likeness (QED) is 0.842. The highest BCUT2D eigenvalue weighted by atomic mass is 19.1. The normalized spacial score (nSPS) is 10.0. The maximum absolute atomic E-state index is 12.8. The molecule has 8 heteroatoms. The number of halogens is 1. The standard InChI is InChI=1S/C9H8FN5O2/c1-16-8-12-2-5(3-13-8)17-9-14-4-6(10)7(11)15-9/h2-4H,1H3,(H2,11,14,15). The Balaban J connectivity index is 2.16. The van der Waals surface area contributed by atoms with Gasteiger partial charge >= 0.3 is 12.0 Å². The minimum Gasteiger partial charge on any atom is -0.467 e. The maximum Gasteiger partial charge on any atom is 0.324 e. The van der Waals surface area contributed by atoms with E-state index in [1.54, 1.807) is 0 Å². The maximum atomic E-state index is 12.8. The van der Waals surface area contributed by atoms with Gasteiger partial charge in [-0.1, -0.05) is 0 Å². The third kappa shape index (κ3) is 2.54. The number of hydrogen-bond acceptors (Lipinski definition) is 7. The molecule has 0 fully saturated rings. The molecule has 0 aromatic carbocycles. The van der Waals surface area contributed by atoms with Crippen LogP contribution in [0.15, 0.2) is 18.6 Å². The van der Waals surface area contributed by atoms with Crippen LogP contribution in [0.1, 0.15) is 0 Å². The molecule has 0 saturated heterocycles. The molecular formula is C9H8FN5O2. The second-order valence-corrected chi connectivity index (χ2v) is 2.89. The Labute approximate surface area is 95.5 Å². The summed E-state index contributed by atoms with van der Waals surface area (Å²) >= 11 is 0. The van der Waals surface area contributed by atoms with E-state index in [2.05, 4.69) is 19.9 Å². The van der Waals surface area contributed by atoms with Gasteiger partial charge < -0.3 is 15.2 Å². The first-order chi connectivity index (χ1) is 8.19. The molecule has 0 radical (unpaired) electrons. The van der Waals surface area contributed by atoms with Gasteiger partial charge in [0, 0.05) is 0 Å². The molecule has 0 aliphatic carbocycles. The predicted molar refractivity (Wildman–Crippen MR) is 55.1 cm³/mol. The first kappa shape index (κ1) is 11.0. The van der Waals surface area contributed by atoms with Gasteiger partial charge in [-0.05, 0) is 0 Å². The van der Waals surface area contributed by atoms with Gasteiger partial charge in [0.05, 0.1) is 25.7 Å². The van der Waals surface area contributed by atoms with Crippen molar-refractivity contribution in [2.75, 3.05) is 12.8 Å². The van der Waals surface area contributed by atoms with E-state index < -0.39 is 5.82 Å². The van der Waals surface area contributed by atoms with Crippen molar-refractivity contribution < 1.29 is 13.9 Å². The lowest BCUT2D eigenvalue weighted by Gasteiger charge is -2.03. The summed E-state index contributed by atoms with van der Waals surface area (Å²) in [7, 11) is 1.44. The van der Waals surface area contributed by atoms with E-state index in [-0.39, 0.29) is 23.6 Å². The summed E-state index contributed by atoms with van der Waals surface area (Å²) < 4.78 is 22.7. The molecular weight excluding hydrogens is 229 g/mol. The zero-order valence-corrected chi connectivity index (χ0v) is 8.79. The van der Waals surface area contributed by atoms with Crippen molar-refractivity contribution in [3.05, 3.63) is 24.4 Å². The van der Waals surface area contributed by atoms with Gasteiger partial charge in [-0.2, -0.15) is 15.0 Å². The summed E-state index contributed by atoms with van der Waals surface area (Å²) in [6.07, 6.45) is 3.66. The second-order valence-electron chi connectivity index (χ2n) is 2.89. The van der Waals surface area contributed by atoms with Gasteiger partial charge in [0.25, 0.3) is 0 Å². The van der Waals surface area contributed by atoms with Crippen LogP contribution in [0.3, 0.4) is 0 Å². The number of hydrogen-bond donors (Lipinski definition) is 1. The van der Waals surface area contributed by atoms with Crippen molar-refractivity contribution in [1.29, 1.82) is 0 Å². The Bertz CT molecular complexity index is 519. The molecule has 0 bridgehead atoms. The highest BCUT2D eigenvalue weighted by Gasteiger charge is 2.06. The van der Waals surface area contributed by atoms with E-state index >= 15 is 0 Å².